The number of nitro benzene ring substituents is 1. The topological polar surface area (TPSA) is 63.4 Å². The van der Waals surface area contributed by atoms with Crippen LogP contribution in [0.15, 0.2) is 78.9 Å². The molecule has 0 heterocycles. The van der Waals surface area contributed by atoms with Crippen LogP contribution in [0.3, 0.4) is 0 Å². The molecule has 0 amide bonds. The van der Waals surface area contributed by atoms with E-state index in [1.807, 2.05) is 55.5 Å². The minimum atomic E-state index is -0.368. The number of para-hydroxylation sites is 1. The maximum Gasteiger partial charge on any atom is 0.277 e. The van der Waals surface area contributed by atoms with Crippen molar-refractivity contribution in [2.45, 2.75) is 6.92 Å². The molecular formula is C23H17NO3. The molecule has 0 saturated heterocycles. The van der Waals surface area contributed by atoms with Gasteiger partial charge in [-0.05, 0) is 34.9 Å². The fourth-order valence-electron chi connectivity index (χ4n) is 3.60. The first-order chi connectivity index (χ1) is 13.1. The molecule has 0 radical (unpaired) electrons. The number of hydrogen-bond acceptors (Lipinski definition) is 3. The number of hydrogen-bond donors (Lipinski definition) is 1. The van der Waals surface area contributed by atoms with E-state index < -0.39 is 0 Å². The van der Waals surface area contributed by atoms with E-state index in [0.717, 1.165) is 21.9 Å². The third kappa shape index (κ3) is 2.81. The number of nitrogens with zero attached hydrogens (tertiary/aromatic N) is 1. The van der Waals surface area contributed by atoms with Gasteiger partial charge in [0.2, 0.25) is 0 Å². The zero-order chi connectivity index (χ0) is 19.0. The summed E-state index contributed by atoms with van der Waals surface area (Å²) < 4.78 is 0. The van der Waals surface area contributed by atoms with Gasteiger partial charge in [-0.2, -0.15) is 0 Å². The fraction of sp³-hybridized carbons (Fsp3) is 0.0435. The van der Waals surface area contributed by atoms with Gasteiger partial charge >= 0.3 is 0 Å². The highest BCUT2D eigenvalue weighted by Gasteiger charge is 2.23. The van der Waals surface area contributed by atoms with E-state index in [1.165, 1.54) is 6.07 Å². The third-order valence-electron chi connectivity index (χ3n) is 4.90. The Labute approximate surface area is 156 Å². The standard InChI is InChI=1S/C23H17NO3/c1-15-17-8-3-2-7-16(17)13-14-18(15)23-20(10-6-11-21(23)24(26)27)19-9-4-5-12-22(19)25/h2-14,25H,1H3. The zero-order valence-corrected chi connectivity index (χ0v) is 14.7. The molecule has 4 aromatic rings. The molecule has 0 aliphatic rings. The molecule has 4 nitrogen and oxygen atoms in total. The lowest BCUT2D eigenvalue weighted by Crippen LogP contribution is -1.97. The summed E-state index contributed by atoms with van der Waals surface area (Å²) in [5.74, 6) is 0.0951. The Morgan fingerprint density at radius 3 is 2.26 bits per heavy atom. The fourth-order valence-corrected chi connectivity index (χ4v) is 3.60. The Bertz CT molecular complexity index is 1180. The van der Waals surface area contributed by atoms with Crippen LogP contribution in [0.2, 0.25) is 0 Å². The van der Waals surface area contributed by atoms with Gasteiger partial charge in [-0.1, -0.05) is 66.7 Å². The smallest absolute Gasteiger partial charge is 0.277 e. The van der Waals surface area contributed by atoms with Gasteiger partial charge in [0.25, 0.3) is 5.69 Å². The van der Waals surface area contributed by atoms with Crippen molar-refractivity contribution >= 4 is 16.5 Å². The molecule has 4 heteroatoms. The van der Waals surface area contributed by atoms with E-state index in [2.05, 4.69) is 0 Å². The van der Waals surface area contributed by atoms with Crippen LogP contribution in [0.25, 0.3) is 33.0 Å². The molecule has 132 valence electrons. The number of phenolic OH excluding ortho intramolecular Hbond substituents is 1. The third-order valence-corrected chi connectivity index (χ3v) is 4.90. The average Bonchev–Trinajstić information content (AvgIpc) is 2.68. The molecule has 0 bridgehead atoms. The maximum absolute atomic E-state index is 11.8. The lowest BCUT2D eigenvalue weighted by Gasteiger charge is -2.15. The second-order valence-corrected chi connectivity index (χ2v) is 6.43. The van der Waals surface area contributed by atoms with Crippen molar-refractivity contribution in [2.24, 2.45) is 0 Å². The monoisotopic (exact) mass is 355 g/mol. The highest BCUT2D eigenvalue weighted by Crippen LogP contribution is 2.43. The Morgan fingerprint density at radius 1 is 0.778 bits per heavy atom. The van der Waals surface area contributed by atoms with Crippen LogP contribution < -0.4 is 0 Å². The lowest BCUT2D eigenvalue weighted by molar-refractivity contribution is -0.384. The normalized spacial score (nSPS) is 10.9. The van der Waals surface area contributed by atoms with Gasteiger partial charge in [-0.15, -0.1) is 0 Å². The summed E-state index contributed by atoms with van der Waals surface area (Å²) in [6.07, 6.45) is 0. The number of fused-ring (bicyclic) bond motifs is 1. The van der Waals surface area contributed by atoms with Crippen molar-refractivity contribution in [1.82, 2.24) is 0 Å². The summed E-state index contributed by atoms with van der Waals surface area (Å²) in [4.78, 5) is 11.4. The van der Waals surface area contributed by atoms with Gasteiger partial charge in [-0.25, -0.2) is 0 Å². The van der Waals surface area contributed by atoms with Gasteiger partial charge in [0.1, 0.15) is 5.75 Å². The molecule has 0 atom stereocenters. The van der Waals surface area contributed by atoms with Crippen LogP contribution in [-0.4, -0.2) is 10.0 Å². The van der Waals surface area contributed by atoms with Crippen molar-refractivity contribution in [3.63, 3.8) is 0 Å². The molecule has 0 aliphatic carbocycles. The second-order valence-electron chi connectivity index (χ2n) is 6.43. The van der Waals surface area contributed by atoms with Gasteiger partial charge < -0.3 is 5.11 Å². The summed E-state index contributed by atoms with van der Waals surface area (Å²) in [5, 5.41) is 24.3. The number of benzene rings is 4. The zero-order valence-electron chi connectivity index (χ0n) is 14.7. The first-order valence-electron chi connectivity index (χ1n) is 8.62. The summed E-state index contributed by atoms with van der Waals surface area (Å²) >= 11 is 0. The van der Waals surface area contributed by atoms with Crippen LogP contribution in [0.1, 0.15) is 5.56 Å². The minimum absolute atomic E-state index is 0.0223. The highest BCUT2D eigenvalue weighted by atomic mass is 16.6. The first kappa shape index (κ1) is 16.8. The van der Waals surface area contributed by atoms with Crippen molar-refractivity contribution in [3.8, 4) is 28.0 Å². The molecule has 0 aromatic heterocycles. The maximum atomic E-state index is 11.8. The second kappa shape index (κ2) is 6.57. The first-order valence-corrected chi connectivity index (χ1v) is 8.62. The van der Waals surface area contributed by atoms with Crippen LogP contribution >= 0.6 is 0 Å². The van der Waals surface area contributed by atoms with Crippen LogP contribution in [0.4, 0.5) is 5.69 Å². The predicted molar refractivity (Wildman–Crippen MR) is 108 cm³/mol. The number of phenols is 1. The molecule has 27 heavy (non-hydrogen) atoms. The number of aromatic hydroxyl groups is 1. The molecule has 4 rings (SSSR count). The largest absolute Gasteiger partial charge is 0.507 e. The number of rotatable bonds is 3. The van der Waals surface area contributed by atoms with Gasteiger partial charge in [-0.3, -0.25) is 10.1 Å². The average molecular weight is 355 g/mol. The van der Waals surface area contributed by atoms with E-state index in [4.69, 9.17) is 0 Å². The van der Waals surface area contributed by atoms with Gasteiger partial charge in [0.15, 0.2) is 0 Å². The molecule has 0 saturated carbocycles. The van der Waals surface area contributed by atoms with Crippen molar-refractivity contribution in [3.05, 3.63) is 94.5 Å². The van der Waals surface area contributed by atoms with E-state index in [1.54, 1.807) is 24.3 Å². The van der Waals surface area contributed by atoms with Gasteiger partial charge in [0, 0.05) is 17.2 Å². The number of nitro groups is 1. The van der Waals surface area contributed by atoms with E-state index in [9.17, 15) is 15.2 Å². The van der Waals surface area contributed by atoms with E-state index in [0.29, 0.717) is 16.7 Å². The predicted octanol–water partition coefficient (Wildman–Crippen LogP) is 6.10. The van der Waals surface area contributed by atoms with Crippen molar-refractivity contribution in [1.29, 1.82) is 0 Å². The molecule has 0 unspecified atom stereocenters. The Hall–Kier alpha value is -3.66. The summed E-state index contributed by atoms with van der Waals surface area (Å²) in [6.45, 7) is 1.98. The molecule has 0 spiro atoms. The van der Waals surface area contributed by atoms with E-state index >= 15 is 0 Å². The van der Waals surface area contributed by atoms with Crippen LogP contribution in [0.5, 0.6) is 5.75 Å². The van der Waals surface area contributed by atoms with Crippen LogP contribution in [-0.2, 0) is 0 Å². The molecular weight excluding hydrogens is 338 g/mol. The summed E-state index contributed by atoms with van der Waals surface area (Å²) in [5.41, 5.74) is 3.52. The highest BCUT2D eigenvalue weighted by molar-refractivity contribution is 5.98. The summed E-state index contributed by atoms with van der Waals surface area (Å²) in [7, 11) is 0. The Morgan fingerprint density at radius 2 is 1.48 bits per heavy atom. The molecule has 0 aliphatic heterocycles. The van der Waals surface area contributed by atoms with Crippen LogP contribution in [0, 0.1) is 17.0 Å². The Kier molecular flexibility index (Phi) is 4.09. The lowest BCUT2D eigenvalue weighted by atomic mass is 9.88. The molecule has 0 fully saturated rings. The SMILES string of the molecule is Cc1c(-c2c(-c3ccccc3O)cccc2[N+](=O)[O-])ccc2ccccc12. The number of aryl methyl sites for hydroxylation is 1. The Balaban J connectivity index is 2.10. The van der Waals surface area contributed by atoms with Gasteiger partial charge in [0.05, 0.1) is 10.5 Å². The molecule has 1 N–H and O–H groups in total. The van der Waals surface area contributed by atoms with E-state index in [-0.39, 0.29) is 16.4 Å². The molecule has 4 aromatic carbocycles. The summed E-state index contributed by atoms with van der Waals surface area (Å²) in [6, 6.07) is 23.7. The minimum Gasteiger partial charge on any atom is -0.507 e. The van der Waals surface area contributed by atoms with Crippen molar-refractivity contribution < 1.29 is 10.0 Å². The quantitative estimate of drug-likeness (QED) is 0.357. The van der Waals surface area contributed by atoms with Crippen molar-refractivity contribution in [2.75, 3.05) is 0 Å².